The van der Waals surface area contributed by atoms with Gasteiger partial charge >= 0.3 is 17.6 Å². The van der Waals surface area contributed by atoms with E-state index in [1.807, 2.05) is 23.5 Å². The summed E-state index contributed by atoms with van der Waals surface area (Å²) in [5, 5.41) is 0. The summed E-state index contributed by atoms with van der Waals surface area (Å²) < 4.78 is 39.9. The molecule has 0 saturated heterocycles. The first kappa shape index (κ1) is 31.6. The summed E-state index contributed by atoms with van der Waals surface area (Å²) in [4.78, 5) is 0. The topological polar surface area (TPSA) is 61.4 Å². The number of hydrogen-bond donors (Lipinski definition) is 0. The molecule has 0 aliphatic carbocycles. The summed E-state index contributed by atoms with van der Waals surface area (Å²) in [5.41, 5.74) is 0. The summed E-state index contributed by atoms with van der Waals surface area (Å²) in [7, 11) is 13.3. The van der Waals surface area contributed by atoms with Crippen molar-refractivity contribution in [3.63, 3.8) is 0 Å². The van der Waals surface area contributed by atoms with E-state index in [-0.39, 0.29) is 0 Å². The highest BCUT2D eigenvalue weighted by molar-refractivity contribution is 8.53. The van der Waals surface area contributed by atoms with Crippen LogP contribution in [0.2, 0.25) is 12.1 Å². The van der Waals surface area contributed by atoms with Crippen molar-refractivity contribution >= 4 is 61.6 Å². The van der Waals surface area contributed by atoms with E-state index in [0.29, 0.717) is 0 Å². The van der Waals surface area contributed by atoms with Crippen molar-refractivity contribution in [1.29, 1.82) is 0 Å². The lowest BCUT2D eigenvalue weighted by Gasteiger charge is -2.24. The second-order valence-corrected chi connectivity index (χ2v) is 16.8. The molecule has 0 N–H and O–H groups in total. The third-order valence-corrected chi connectivity index (χ3v) is 14.6. The van der Waals surface area contributed by atoms with E-state index in [0.717, 1.165) is 36.4 Å². The quantitative estimate of drug-likeness (QED) is 0.110. The van der Waals surface area contributed by atoms with E-state index < -0.39 is 17.6 Å². The third-order valence-electron chi connectivity index (χ3n) is 4.48. The molecular formula is C18H42N2O6S3Si2+2. The van der Waals surface area contributed by atoms with Crippen LogP contribution in [0.1, 0.15) is 12.8 Å². The maximum absolute atomic E-state index is 5.51. The van der Waals surface area contributed by atoms with Crippen molar-refractivity contribution in [2.45, 2.75) is 24.9 Å². The van der Waals surface area contributed by atoms with Crippen LogP contribution in [0.3, 0.4) is 0 Å². The molecule has 0 bridgehead atoms. The summed E-state index contributed by atoms with van der Waals surface area (Å²) in [6, 6.07) is 1.61. The molecule has 184 valence electrons. The molecule has 13 heteroatoms. The molecule has 0 aliphatic heterocycles. The average Bonchev–Trinajstić information content (AvgIpc) is 2.77. The fraction of sp³-hybridized carbons (Fsp3) is 0.889. The van der Waals surface area contributed by atoms with Gasteiger partial charge in [0.2, 0.25) is 0 Å². The Balaban J connectivity index is 4.76. The fourth-order valence-electron chi connectivity index (χ4n) is 2.58. The second kappa shape index (κ2) is 17.1. The summed E-state index contributed by atoms with van der Waals surface area (Å²) in [6.45, 7) is 0. The van der Waals surface area contributed by atoms with E-state index in [2.05, 4.69) is 37.3 Å². The molecule has 0 spiro atoms. The molecule has 0 amide bonds. The SMILES string of the molecule is CO[Si](CCCSC(SC(SCCC[Si](OC)(OC)OC)=[N+](C)C)=[N+](C)C)(OC)OC. The Hall–Kier alpha value is 0.584. The summed E-state index contributed by atoms with van der Waals surface area (Å²) >= 11 is 5.50. The zero-order valence-electron chi connectivity index (χ0n) is 20.8. The molecule has 0 fully saturated rings. The molecule has 0 radical (unpaired) electrons. The van der Waals surface area contributed by atoms with Gasteiger partial charge in [-0.3, -0.25) is 0 Å². The average molecular weight is 535 g/mol. The normalized spacial score (nSPS) is 12.2. The Morgan fingerprint density at radius 2 is 0.871 bits per heavy atom. The zero-order chi connectivity index (χ0) is 23.9. The Morgan fingerprint density at radius 3 is 1.10 bits per heavy atom. The minimum atomic E-state index is -2.50. The smallest absolute Gasteiger partial charge is 0.377 e. The van der Waals surface area contributed by atoms with Gasteiger partial charge in [-0.05, 0) is 36.4 Å². The number of rotatable bonds is 14. The first-order chi connectivity index (χ1) is 14.7. The predicted octanol–water partition coefficient (Wildman–Crippen LogP) is 2.98. The molecular weight excluding hydrogens is 493 g/mol. The van der Waals surface area contributed by atoms with Crippen molar-refractivity contribution in [2.24, 2.45) is 0 Å². The zero-order valence-corrected chi connectivity index (χ0v) is 25.3. The van der Waals surface area contributed by atoms with Gasteiger partial charge in [0.1, 0.15) is 28.2 Å². The van der Waals surface area contributed by atoms with Gasteiger partial charge in [-0.2, -0.15) is 0 Å². The Kier molecular flexibility index (Phi) is 17.4. The van der Waals surface area contributed by atoms with Crippen LogP contribution < -0.4 is 0 Å². The third kappa shape index (κ3) is 11.5. The van der Waals surface area contributed by atoms with E-state index >= 15 is 0 Å². The van der Waals surface area contributed by atoms with Crippen molar-refractivity contribution in [3.05, 3.63) is 0 Å². The number of nitrogens with zero attached hydrogens (tertiary/aromatic N) is 2. The van der Waals surface area contributed by atoms with Gasteiger partial charge in [0, 0.05) is 66.3 Å². The highest BCUT2D eigenvalue weighted by Gasteiger charge is 2.38. The van der Waals surface area contributed by atoms with E-state index in [1.54, 1.807) is 54.4 Å². The highest BCUT2D eigenvalue weighted by atomic mass is 32.2. The van der Waals surface area contributed by atoms with Crippen LogP contribution in [-0.2, 0) is 26.6 Å². The maximum atomic E-state index is 5.51. The summed E-state index contributed by atoms with van der Waals surface area (Å²) in [5.74, 6) is 1.95. The molecule has 0 rings (SSSR count). The van der Waals surface area contributed by atoms with Crippen LogP contribution in [0.15, 0.2) is 0 Å². The van der Waals surface area contributed by atoms with Crippen LogP contribution in [0.5, 0.6) is 0 Å². The van der Waals surface area contributed by atoms with Crippen LogP contribution in [0.25, 0.3) is 0 Å². The van der Waals surface area contributed by atoms with E-state index in [1.165, 1.54) is 8.75 Å². The largest absolute Gasteiger partial charge is 0.500 e. The lowest BCUT2D eigenvalue weighted by molar-refractivity contribution is -0.460. The van der Waals surface area contributed by atoms with Crippen LogP contribution >= 0.6 is 35.3 Å². The Bertz CT molecular complexity index is 504. The van der Waals surface area contributed by atoms with Crippen LogP contribution in [-0.4, -0.2) is 118 Å². The predicted molar refractivity (Wildman–Crippen MR) is 139 cm³/mol. The van der Waals surface area contributed by atoms with Crippen molar-refractivity contribution in [2.75, 3.05) is 82.4 Å². The lowest BCUT2D eigenvalue weighted by Crippen LogP contribution is -2.42. The minimum Gasteiger partial charge on any atom is -0.377 e. The maximum Gasteiger partial charge on any atom is 0.500 e. The molecule has 31 heavy (non-hydrogen) atoms. The molecule has 0 heterocycles. The molecule has 0 unspecified atom stereocenters. The van der Waals surface area contributed by atoms with E-state index in [4.69, 9.17) is 26.6 Å². The van der Waals surface area contributed by atoms with Gasteiger partial charge in [-0.15, -0.1) is 0 Å². The van der Waals surface area contributed by atoms with Crippen LogP contribution in [0, 0.1) is 0 Å². The second-order valence-electron chi connectivity index (χ2n) is 6.92. The van der Waals surface area contributed by atoms with Crippen LogP contribution in [0.4, 0.5) is 0 Å². The van der Waals surface area contributed by atoms with Crippen molar-refractivity contribution < 1.29 is 35.7 Å². The van der Waals surface area contributed by atoms with Crippen molar-refractivity contribution in [3.8, 4) is 0 Å². The van der Waals surface area contributed by atoms with Gasteiger partial charge in [0.05, 0.1) is 11.8 Å². The Labute approximate surface area is 204 Å². The molecule has 0 aliphatic rings. The minimum absolute atomic E-state index is 0.804. The molecule has 0 aromatic heterocycles. The van der Waals surface area contributed by atoms with Gasteiger partial charge in [0.15, 0.2) is 0 Å². The fourth-order valence-corrected chi connectivity index (χ4v) is 10.1. The monoisotopic (exact) mass is 534 g/mol. The van der Waals surface area contributed by atoms with Gasteiger partial charge in [0.25, 0.3) is 8.75 Å². The molecule has 8 nitrogen and oxygen atoms in total. The van der Waals surface area contributed by atoms with Crippen molar-refractivity contribution in [1.82, 2.24) is 0 Å². The number of hydrogen-bond acceptors (Lipinski definition) is 9. The van der Waals surface area contributed by atoms with E-state index in [9.17, 15) is 0 Å². The van der Waals surface area contributed by atoms with Gasteiger partial charge < -0.3 is 26.6 Å². The first-order valence-electron chi connectivity index (χ1n) is 10.0. The molecule has 0 atom stereocenters. The molecule has 0 aromatic carbocycles. The first-order valence-corrected chi connectivity index (χ1v) is 16.7. The summed E-state index contributed by atoms with van der Waals surface area (Å²) in [6.07, 6.45) is 1.93. The highest BCUT2D eigenvalue weighted by Crippen LogP contribution is 2.27. The standard InChI is InChI=1S/C18H42N2O6S3Si2/c1-19(2)17(27-13-11-15-30(21-5,22-6)23-7)29-18(20(3)4)28-14-12-16-31(24-8,25-9)26-10/h11-16H2,1-10H3/q+2. The number of thioether (sulfide) groups is 3. The molecule has 0 saturated carbocycles. The van der Waals surface area contributed by atoms with Gasteiger partial charge in [-0.1, -0.05) is 0 Å². The molecule has 0 aromatic rings. The lowest BCUT2D eigenvalue weighted by atomic mass is 10.6. The van der Waals surface area contributed by atoms with Gasteiger partial charge in [-0.25, -0.2) is 9.15 Å². The Morgan fingerprint density at radius 1 is 0.581 bits per heavy atom.